The van der Waals surface area contributed by atoms with E-state index in [0.29, 0.717) is 6.54 Å². The van der Waals surface area contributed by atoms with E-state index >= 15 is 0 Å². The highest BCUT2D eigenvalue weighted by molar-refractivity contribution is 14.0. The molecule has 0 saturated carbocycles. The Balaban J connectivity index is 0.00000312. The van der Waals surface area contributed by atoms with Gasteiger partial charge in [-0.1, -0.05) is 12.1 Å². The van der Waals surface area contributed by atoms with Gasteiger partial charge < -0.3 is 19.9 Å². The van der Waals surface area contributed by atoms with Crippen molar-refractivity contribution in [2.24, 2.45) is 4.99 Å². The second-order valence-electron chi connectivity index (χ2n) is 6.47. The molecule has 1 heterocycles. The number of methoxy groups -OCH3 is 1. The monoisotopic (exact) mass is 459 g/mol. The van der Waals surface area contributed by atoms with Gasteiger partial charge in [-0.2, -0.15) is 0 Å². The molecule has 1 aromatic carbocycles. The number of para-hydroxylation sites is 2. The number of aliphatic imine (C=N–C) groups is 1. The number of nitrogens with zero attached hydrogens (tertiary/aromatic N) is 3. The van der Waals surface area contributed by atoms with Gasteiger partial charge in [0.05, 0.1) is 16.6 Å². The van der Waals surface area contributed by atoms with Gasteiger partial charge in [0.15, 0.2) is 5.96 Å². The van der Waals surface area contributed by atoms with Crippen molar-refractivity contribution in [3.05, 3.63) is 30.1 Å². The number of halogens is 1. The van der Waals surface area contributed by atoms with Crippen LogP contribution in [0.25, 0.3) is 11.0 Å². The Kier molecular flexibility index (Phi) is 8.64. The van der Waals surface area contributed by atoms with Crippen molar-refractivity contribution in [1.82, 2.24) is 20.2 Å². The molecule has 0 amide bonds. The van der Waals surface area contributed by atoms with Gasteiger partial charge in [-0.25, -0.2) is 4.98 Å². The van der Waals surface area contributed by atoms with Gasteiger partial charge in [0.25, 0.3) is 0 Å². The van der Waals surface area contributed by atoms with Crippen molar-refractivity contribution >= 4 is 41.0 Å². The molecule has 2 aromatic rings. The van der Waals surface area contributed by atoms with E-state index in [0.717, 1.165) is 36.8 Å². The molecule has 0 aliphatic carbocycles. The molecule has 1 aromatic heterocycles. The summed E-state index contributed by atoms with van der Waals surface area (Å²) in [5.41, 5.74) is 2.03. The van der Waals surface area contributed by atoms with Crippen LogP contribution in [0.3, 0.4) is 0 Å². The summed E-state index contributed by atoms with van der Waals surface area (Å²) < 4.78 is 7.67. The molecule has 0 aliphatic rings. The Labute approximate surface area is 167 Å². The standard InChI is InChI=1S/C18H29N5O.HI/c1-14-22-15-9-6-7-10-16(15)23(14)12-8-11-20-17(19-4)21-13-18(2,3)24-5;/h6-7,9-10H,8,11-13H2,1-5H3,(H2,19,20,21);1H. The molecule has 0 unspecified atom stereocenters. The topological polar surface area (TPSA) is 63.5 Å². The van der Waals surface area contributed by atoms with E-state index < -0.39 is 0 Å². The summed E-state index contributed by atoms with van der Waals surface area (Å²) in [6, 6.07) is 8.26. The first-order valence-corrected chi connectivity index (χ1v) is 8.38. The molecule has 2 N–H and O–H groups in total. The van der Waals surface area contributed by atoms with Crippen molar-refractivity contribution in [1.29, 1.82) is 0 Å². The fraction of sp³-hybridized carbons (Fsp3) is 0.556. The normalized spacial score (nSPS) is 12.1. The molecule has 0 radical (unpaired) electrons. The molecule has 0 saturated heterocycles. The van der Waals surface area contributed by atoms with Gasteiger partial charge in [0, 0.05) is 33.8 Å². The number of imidazole rings is 1. The quantitative estimate of drug-likeness (QED) is 0.289. The van der Waals surface area contributed by atoms with Crippen LogP contribution in [0, 0.1) is 6.92 Å². The van der Waals surface area contributed by atoms with Crippen LogP contribution in [0.2, 0.25) is 0 Å². The summed E-state index contributed by atoms with van der Waals surface area (Å²) in [5, 5.41) is 6.64. The van der Waals surface area contributed by atoms with Gasteiger partial charge in [0.1, 0.15) is 5.82 Å². The Morgan fingerprint density at radius 3 is 2.68 bits per heavy atom. The first-order chi connectivity index (χ1) is 11.5. The summed E-state index contributed by atoms with van der Waals surface area (Å²) in [6.07, 6.45) is 0.996. The number of guanidine groups is 1. The zero-order chi connectivity index (χ0) is 17.6. The number of hydrogen-bond acceptors (Lipinski definition) is 3. The lowest BCUT2D eigenvalue weighted by atomic mass is 10.1. The Morgan fingerprint density at radius 1 is 1.28 bits per heavy atom. The van der Waals surface area contributed by atoms with Crippen LogP contribution in [-0.2, 0) is 11.3 Å². The molecule has 0 bridgehead atoms. The molecule has 140 valence electrons. The summed E-state index contributed by atoms with van der Waals surface area (Å²) in [5.74, 6) is 1.85. The minimum Gasteiger partial charge on any atom is -0.377 e. The van der Waals surface area contributed by atoms with E-state index in [1.807, 2.05) is 19.9 Å². The van der Waals surface area contributed by atoms with E-state index in [9.17, 15) is 0 Å². The van der Waals surface area contributed by atoms with E-state index in [2.05, 4.69) is 50.3 Å². The smallest absolute Gasteiger partial charge is 0.191 e. The number of nitrogens with one attached hydrogen (secondary N) is 2. The SMILES string of the molecule is CN=C(NCCCn1c(C)nc2ccccc21)NCC(C)(C)OC.I. The largest absolute Gasteiger partial charge is 0.377 e. The van der Waals surface area contributed by atoms with Gasteiger partial charge in [0.2, 0.25) is 0 Å². The predicted molar refractivity (Wildman–Crippen MR) is 115 cm³/mol. The zero-order valence-electron chi connectivity index (χ0n) is 15.8. The number of benzene rings is 1. The van der Waals surface area contributed by atoms with Gasteiger partial charge in [-0.05, 0) is 39.3 Å². The molecule has 25 heavy (non-hydrogen) atoms. The third-order valence-corrected chi connectivity index (χ3v) is 4.15. The first kappa shape index (κ1) is 21.7. The molecule has 7 heteroatoms. The highest BCUT2D eigenvalue weighted by Crippen LogP contribution is 2.15. The Hall–Kier alpha value is -1.35. The van der Waals surface area contributed by atoms with Gasteiger partial charge >= 0.3 is 0 Å². The van der Waals surface area contributed by atoms with Crippen molar-refractivity contribution < 1.29 is 4.74 Å². The number of aromatic nitrogens is 2. The van der Waals surface area contributed by atoms with E-state index in [1.165, 1.54) is 5.52 Å². The van der Waals surface area contributed by atoms with Crippen LogP contribution in [0.1, 0.15) is 26.1 Å². The van der Waals surface area contributed by atoms with Crippen molar-refractivity contribution in [3.63, 3.8) is 0 Å². The molecule has 0 spiro atoms. The molecule has 6 nitrogen and oxygen atoms in total. The zero-order valence-corrected chi connectivity index (χ0v) is 18.1. The Bertz CT molecular complexity index is 696. The van der Waals surface area contributed by atoms with Crippen LogP contribution in [0.4, 0.5) is 0 Å². The van der Waals surface area contributed by atoms with Crippen LogP contribution in [0.5, 0.6) is 0 Å². The maximum Gasteiger partial charge on any atom is 0.191 e. The average Bonchev–Trinajstić information content (AvgIpc) is 2.89. The van der Waals surface area contributed by atoms with Crippen LogP contribution < -0.4 is 10.6 Å². The highest BCUT2D eigenvalue weighted by atomic mass is 127. The number of fused-ring (bicyclic) bond motifs is 1. The second kappa shape index (κ2) is 9.96. The molecule has 0 atom stereocenters. The lowest BCUT2D eigenvalue weighted by Gasteiger charge is -2.24. The van der Waals surface area contributed by atoms with Crippen LogP contribution in [0.15, 0.2) is 29.3 Å². The fourth-order valence-corrected chi connectivity index (χ4v) is 2.51. The lowest BCUT2D eigenvalue weighted by molar-refractivity contribution is 0.0268. The van der Waals surface area contributed by atoms with Crippen LogP contribution in [-0.4, -0.2) is 48.4 Å². The first-order valence-electron chi connectivity index (χ1n) is 8.38. The molecule has 2 rings (SSSR count). The maximum absolute atomic E-state index is 5.41. The highest BCUT2D eigenvalue weighted by Gasteiger charge is 2.16. The summed E-state index contributed by atoms with van der Waals surface area (Å²) in [7, 11) is 3.50. The van der Waals surface area contributed by atoms with Crippen molar-refractivity contribution in [2.75, 3.05) is 27.2 Å². The summed E-state index contributed by atoms with van der Waals surface area (Å²) in [6.45, 7) is 8.62. The predicted octanol–water partition coefficient (Wildman–Crippen LogP) is 2.94. The number of rotatable bonds is 7. The second-order valence-corrected chi connectivity index (χ2v) is 6.47. The van der Waals surface area contributed by atoms with Gasteiger partial charge in [-0.3, -0.25) is 4.99 Å². The number of aryl methyl sites for hydroxylation is 2. The van der Waals surface area contributed by atoms with E-state index in [1.54, 1.807) is 14.2 Å². The lowest BCUT2D eigenvalue weighted by Crippen LogP contribution is -2.45. The maximum atomic E-state index is 5.41. The number of ether oxygens (including phenoxy) is 1. The number of hydrogen-bond donors (Lipinski definition) is 2. The minimum absolute atomic E-state index is 0. The van der Waals surface area contributed by atoms with E-state index in [4.69, 9.17) is 4.74 Å². The molecule has 0 fully saturated rings. The summed E-state index contributed by atoms with van der Waals surface area (Å²) in [4.78, 5) is 8.85. The van der Waals surface area contributed by atoms with E-state index in [-0.39, 0.29) is 29.6 Å². The molecular formula is C18H30IN5O. The van der Waals surface area contributed by atoms with Gasteiger partial charge in [-0.15, -0.1) is 24.0 Å². The van der Waals surface area contributed by atoms with Crippen molar-refractivity contribution in [2.45, 2.75) is 39.3 Å². The molecule has 0 aliphatic heterocycles. The average molecular weight is 459 g/mol. The molecular weight excluding hydrogens is 429 g/mol. The summed E-state index contributed by atoms with van der Waals surface area (Å²) >= 11 is 0. The van der Waals surface area contributed by atoms with Crippen molar-refractivity contribution in [3.8, 4) is 0 Å². The van der Waals surface area contributed by atoms with Crippen LogP contribution >= 0.6 is 24.0 Å². The minimum atomic E-state index is -0.218. The third-order valence-electron chi connectivity index (χ3n) is 4.15. The fourth-order valence-electron chi connectivity index (χ4n) is 2.51. The third kappa shape index (κ3) is 6.14. The Morgan fingerprint density at radius 2 is 2.00 bits per heavy atom.